The fraction of sp³-hybridized carbons (Fsp3) is 0.588. The third kappa shape index (κ3) is 8.49. The van der Waals surface area contributed by atoms with Crippen molar-refractivity contribution >= 4 is 30.1 Å². The van der Waals surface area contributed by atoms with Crippen molar-refractivity contribution in [3.05, 3.63) is 24.3 Å². The maximum absolute atomic E-state index is 12.1. The normalized spacial score (nSPS) is 11.7. The fourth-order valence-corrected chi connectivity index (χ4v) is 2.69. The van der Waals surface area contributed by atoms with Crippen LogP contribution in [0.3, 0.4) is 0 Å². The average Bonchev–Trinajstić information content (AvgIpc) is 2.51. The number of benzene rings is 1. The number of carbonyl (C=O) groups excluding carboxylic acids is 1. The number of thioether (sulfide) groups is 1. The van der Waals surface area contributed by atoms with Gasteiger partial charge in [-0.3, -0.25) is 4.79 Å². The molecule has 1 unspecified atom stereocenters. The van der Waals surface area contributed by atoms with E-state index < -0.39 is 0 Å². The molecule has 1 amide bonds. The third-order valence-corrected chi connectivity index (χ3v) is 4.57. The predicted molar refractivity (Wildman–Crippen MR) is 101 cm³/mol. The van der Waals surface area contributed by atoms with Gasteiger partial charge in [0.2, 0.25) is 5.91 Å². The molecule has 1 aromatic rings. The van der Waals surface area contributed by atoms with E-state index in [1.165, 1.54) is 0 Å². The van der Waals surface area contributed by atoms with Crippen molar-refractivity contribution in [2.24, 2.45) is 11.7 Å². The van der Waals surface area contributed by atoms with Crippen molar-refractivity contribution in [1.82, 2.24) is 4.90 Å². The molecule has 0 aliphatic carbocycles. The Balaban J connectivity index is 0.00000484. The van der Waals surface area contributed by atoms with Gasteiger partial charge in [0, 0.05) is 24.5 Å². The van der Waals surface area contributed by atoms with Gasteiger partial charge in [-0.1, -0.05) is 13.8 Å². The van der Waals surface area contributed by atoms with Crippen LogP contribution in [0.5, 0.6) is 5.75 Å². The molecule has 1 aromatic carbocycles. The molecule has 2 N–H and O–H groups in total. The Morgan fingerprint density at radius 3 is 2.43 bits per heavy atom. The molecule has 0 radical (unpaired) electrons. The zero-order valence-corrected chi connectivity index (χ0v) is 16.1. The Bertz CT molecular complexity index is 454. The first-order chi connectivity index (χ1) is 10.4. The van der Waals surface area contributed by atoms with Crippen molar-refractivity contribution in [2.45, 2.75) is 38.1 Å². The maximum atomic E-state index is 12.1. The molecule has 0 fully saturated rings. The van der Waals surface area contributed by atoms with Gasteiger partial charge < -0.3 is 15.4 Å². The summed E-state index contributed by atoms with van der Waals surface area (Å²) >= 11 is 1.55. The molecular formula is C17H29ClN2O2S. The summed E-state index contributed by atoms with van der Waals surface area (Å²) in [5, 5.41) is 0. The number of hydrogen-bond donors (Lipinski definition) is 1. The summed E-state index contributed by atoms with van der Waals surface area (Å²) in [6.07, 6.45) is 0.841. The van der Waals surface area contributed by atoms with Gasteiger partial charge >= 0.3 is 0 Å². The summed E-state index contributed by atoms with van der Waals surface area (Å²) in [5.74, 6) is 1.89. The minimum atomic E-state index is 0. The molecule has 6 heteroatoms. The van der Waals surface area contributed by atoms with Crippen LogP contribution in [0.25, 0.3) is 0 Å². The molecule has 0 spiro atoms. The lowest BCUT2D eigenvalue weighted by atomic mass is 10.0. The molecule has 1 rings (SSSR count). The Kier molecular flexibility index (Phi) is 11.1. The summed E-state index contributed by atoms with van der Waals surface area (Å²) in [7, 11) is 1.84. The van der Waals surface area contributed by atoms with Crippen LogP contribution in [0.1, 0.15) is 27.2 Å². The number of nitrogens with two attached hydrogens (primary N) is 1. The van der Waals surface area contributed by atoms with E-state index in [2.05, 4.69) is 13.8 Å². The van der Waals surface area contributed by atoms with Gasteiger partial charge in [0.05, 0.1) is 12.4 Å². The number of hydrogen-bond acceptors (Lipinski definition) is 4. The highest BCUT2D eigenvalue weighted by atomic mass is 35.5. The van der Waals surface area contributed by atoms with Crippen LogP contribution in [0, 0.1) is 5.92 Å². The zero-order valence-electron chi connectivity index (χ0n) is 14.5. The fourth-order valence-electron chi connectivity index (χ4n) is 1.85. The summed E-state index contributed by atoms with van der Waals surface area (Å²) < 4.78 is 5.40. The van der Waals surface area contributed by atoms with E-state index in [4.69, 9.17) is 10.5 Å². The molecule has 0 aliphatic heterocycles. The SMILES string of the molecule is CCOc1ccc(SCC(=O)N(C)CCC(N)C(C)C)cc1.Cl. The molecule has 0 heterocycles. The standard InChI is InChI=1S/C17H28N2O2S.ClH/c1-5-21-14-6-8-15(9-7-14)22-12-17(20)19(4)11-10-16(18)13(2)3;/h6-9,13,16H,5,10-12,18H2,1-4H3;1H. The number of carbonyl (C=O) groups is 1. The lowest BCUT2D eigenvalue weighted by Gasteiger charge is -2.21. The largest absolute Gasteiger partial charge is 0.494 e. The Hall–Kier alpha value is -0.910. The number of ether oxygens (including phenoxy) is 1. The van der Waals surface area contributed by atoms with E-state index in [1.807, 2.05) is 38.2 Å². The second kappa shape index (κ2) is 11.6. The Morgan fingerprint density at radius 2 is 1.91 bits per heavy atom. The summed E-state index contributed by atoms with van der Waals surface area (Å²) in [6.45, 7) is 7.54. The maximum Gasteiger partial charge on any atom is 0.232 e. The van der Waals surface area contributed by atoms with Crippen molar-refractivity contribution in [3.8, 4) is 5.75 Å². The van der Waals surface area contributed by atoms with Gasteiger partial charge in [-0.2, -0.15) is 0 Å². The highest BCUT2D eigenvalue weighted by molar-refractivity contribution is 8.00. The number of halogens is 1. The molecule has 0 aliphatic rings. The second-order valence-corrected chi connectivity index (χ2v) is 6.75. The molecule has 0 saturated carbocycles. The number of rotatable bonds is 9. The van der Waals surface area contributed by atoms with Gasteiger partial charge in [-0.05, 0) is 43.5 Å². The number of nitrogens with zero attached hydrogens (tertiary/aromatic N) is 1. The summed E-state index contributed by atoms with van der Waals surface area (Å²) in [6, 6.07) is 7.98. The highest BCUT2D eigenvalue weighted by Gasteiger charge is 2.13. The van der Waals surface area contributed by atoms with Gasteiger partial charge in [0.1, 0.15) is 5.75 Å². The van der Waals surface area contributed by atoms with Gasteiger partial charge in [-0.25, -0.2) is 0 Å². The van der Waals surface area contributed by atoms with Crippen LogP contribution in [0.2, 0.25) is 0 Å². The van der Waals surface area contributed by atoms with Crippen LogP contribution in [0.4, 0.5) is 0 Å². The molecule has 1 atom stereocenters. The predicted octanol–water partition coefficient (Wildman–Crippen LogP) is 3.43. The summed E-state index contributed by atoms with van der Waals surface area (Å²) in [5.41, 5.74) is 6.01. The minimum absolute atomic E-state index is 0. The van der Waals surface area contributed by atoms with Crippen molar-refractivity contribution in [2.75, 3.05) is 26.0 Å². The lowest BCUT2D eigenvalue weighted by molar-refractivity contribution is -0.127. The quantitative estimate of drug-likeness (QED) is 0.685. The van der Waals surface area contributed by atoms with E-state index >= 15 is 0 Å². The molecule has 132 valence electrons. The van der Waals surface area contributed by atoms with Gasteiger partial charge in [0.15, 0.2) is 0 Å². The molecule has 0 saturated heterocycles. The minimum Gasteiger partial charge on any atom is -0.494 e. The van der Waals surface area contributed by atoms with E-state index in [0.717, 1.165) is 17.1 Å². The van der Waals surface area contributed by atoms with Crippen LogP contribution in [-0.4, -0.2) is 42.8 Å². The highest BCUT2D eigenvalue weighted by Crippen LogP contribution is 2.21. The monoisotopic (exact) mass is 360 g/mol. The lowest BCUT2D eigenvalue weighted by Crippen LogP contribution is -2.35. The van der Waals surface area contributed by atoms with Crippen LogP contribution < -0.4 is 10.5 Å². The third-order valence-electron chi connectivity index (χ3n) is 3.58. The van der Waals surface area contributed by atoms with E-state index in [-0.39, 0.29) is 24.4 Å². The molecule has 23 heavy (non-hydrogen) atoms. The van der Waals surface area contributed by atoms with Crippen molar-refractivity contribution in [3.63, 3.8) is 0 Å². The van der Waals surface area contributed by atoms with E-state index in [9.17, 15) is 4.79 Å². The van der Waals surface area contributed by atoms with Crippen molar-refractivity contribution in [1.29, 1.82) is 0 Å². The molecule has 0 bridgehead atoms. The van der Waals surface area contributed by atoms with Crippen molar-refractivity contribution < 1.29 is 9.53 Å². The first-order valence-electron chi connectivity index (χ1n) is 7.79. The first-order valence-corrected chi connectivity index (χ1v) is 8.77. The van der Waals surface area contributed by atoms with E-state index in [0.29, 0.717) is 24.8 Å². The zero-order chi connectivity index (χ0) is 16.5. The van der Waals surface area contributed by atoms with Crippen LogP contribution in [-0.2, 0) is 4.79 Å². The summed E-state index contributed by atoms with van der Waals surface area (Å²) in [4.78, 5) is 14.9. The molecular weight excluding hydrogens is 332 g/mol. The van der Waals surface area contributed by atoms with Crippen LogP contribution >= 0.6 is 24.2 Å². The Morgan fingerprint density at radius 1 is 1.30 bits per heavy atom. The topological polar surface area (TPSA) is 55.6 Å². The Labute approximate surface area is 150 Å². The molecule has 0 aromatic heterocycles. The number of amides is 1. The smallest absolute Gasteiger partial charge is 0.232 e. The van der Waals surface area contributed by atoms with E-state index in [1.54, 1.807) is 16.7 Å². The van der Waals surface area contributed by atoms with Crippen LogP contribution in [0.15, 0.2) is 29.2 Å². The van der Waals surface area contributed by atoms with Gasteiger partial charge in [0.25, 0.3) is 0 Å². The molecule has 4 nitrogen and oxygen atoms in total. The average molecular weight is 361 g/mol. The second-order valence-electron chi connectivity index (χ2n) is 5.70. The van der Waals surface area contributed by atoms with Gasteiger partial charge in [-0.15, -0.1) is 24.2 Å². The first kappa shape index (κ1) is 22.1.